The van der Waals surface area contributed by atoms with Crippen LogP contribution < -0.4 is 0 Å². The van der Waals surface area contributed by atoms with E-state index < -0.39 is 6.29 Å². The highest BCUT2D eigenvalue weighted by atomic mass is 16.6. The predicted molar refractivity (Wildman–Crippen MR) is 96.2 cm³/mol. The third-order valence-electron chi connectivity index (χ3n) is 5.24. The first-order valence-electron chi connectivity index (χ1n) is 8.86. The molecule has 1 saturated heterocycles. The summed E-state index contributed by atoms with van der Waals surface area (Å²) in [5, 5.41) is 10.0. The molecule has 0 aromatic rings. The molecule has 0 aromatic carbocycles. The van der Waals surface area contributed by atoms with Crippen molar-refractivity contribution in [2.45, 2.75) is 64.4 Å². The van der Waals surface area contributed by atoms with Crippen molar-refractivity contribution in [1.82, 2.24) is 0 Å². The number of hydrogen-bond donors (Lipinski definition) is 1. The minimum Gasteiger partial charge on any atom is -0.486 e. The van der Waals surface area contributed by atoms with E-state index in [9.17, 15) is 5.11 Å². The summed E-state index contributed by atoms with van der Waals surface area (Å²) in [5.41, 5.74) is 4.62. The van der Waals surface area contributed by atoms with Crippen molar-refractivity contribution < 1.29 is 14.6 Å². The Morgan fingerprint density at radius 1 is 1.12 bits per heavy atom. The molecule has 0 radical (unpaired) electrons. The van der Waals surface area contributed by atoms with Crippen molar-refractivity contribution in [3.63, 3.8) is 0 Å². The topological polar surface area (TPSA) is 38.7 Å². The average Bonchev–Trinajstić information content (AvgIpc) is 2.97. The molecule has 1 fully saturated rings. The van der Waals surface area contributed by atoms with E-state index in [0.29, 0.717) is 0 Å². The van der Waals surface area contributed by atoms with Crippen molar-refractivity contribution in [2.75, 3.05) is 0 Å². The molecule has 3 rings (SSSR count). The highest BCUT2D eigenvalue weighted by Gasteiger charge is 2.36. The SMILES string of the molecule is C=C1OC2C=C1CC/C=C(\C)CC[C@@H]1C(=C)C(O)O[C@H]1/C=C(\C)C2. The number of aliphatic hydroxyl groups excluding tert-OH is 1. The Bertz CT molecular complexity index is 623. The quantitative estimate of drug-likeness (QED) is 0.662. The Labute approximate surface area is 145 Å². The number of aliphatic hydroxyl groups is 1. The van der Waals surface area contributed by atoms with Crippen LogP contribution in [-0.4, -0.2) is 23.6 Å². The standard InChI is InChI=1S/C21H28O3/c1-13-6-5-7-17-12-18(23-16(17)4)10-14(2)11-20-19(9-8-13)15(3)21(22)24-20/h6,11-12,18-22H,3-5,7-10H2,1-2H3/b13-6+,14-11+/t18?,19-,20+,21?/m1/s1. The molecule has 1 aliphatic carbocycles. The lowest BCUT2D eigenvalue weighted by Crippen LogP contribution is -2.15. The van der Waals surface area contributed by atoms with E-state index in [0.717, 1.165) is 43.4 Å². The van der Waals surface area contributed by atoms with Gasteiger partial charge < -0.3 is 14.6 Å². The van der Waals surface area contributed by atoms with Crippen molar-refractivity contribution in [3.05, 3.63) is 59.4 Å². The van der Waals surface area contributed by atoms with E-state index in [2.05, 4.69) is 45.2 Å². The maximum atomic E-state index is 10.0. The summed E-state index contributed by atoms with van der Waals surface area (Å²) >= 11 is 0. The van der Waals surface area contributed by atoms with Crippen LogP contribution in [0.4, 0.5) is 0 Å². The van der Waals surface area contributed by atoms with Gasteiger partial charge >= 0.3 is 0 Å². The van der Waals surface area contributed by atoms with Gasteiger partial charge in [-0.05, 0) is 56.8 Å². The molecule has 3 aliphatic rings. The third kappa shape index (κ3) is 3.73. The Morgan fingerprint density at radius 3 is 2.71 bits per heavy atom. The summed E-state index contributed by atoms with van der Waals surface area (Å²) < 4.78 is 11.6. The van der Waals surface area contributed by atoms with Crippen LogP contribution >= 0.6 is 0 Å². The van der Waals surface area contributed by atoms with Crippen molar-refractivity contribution in [1.29, 1.82) is 0 Å². The van der Waals surface area contributed by atoms with Gasteiger partial charge in [0, 0.05) is 12.3 Å². The van der Waals surface area contributed by atoms with Crippen LogP contribution in [0.5, 0.6) is 0 Å². The van der Waals surface area contributed by atoms with E-state index >= 15 is 0 Å². The highest BCUT2D eigenvalue weighted by molar-refractivity contribution is 5.31. The van der Waals surface area contributed by atoms with Crippen LogP contribution in [-0.2, 0) is 9.47 Å². The monoisotopic (exact) mass is 328 g/mol. The maximum Gasteiger partial charge on any atom is 0.177 e. The molecule has 0 amide bonds. The fraction of sp³-hybridized carbons (Fsp3) is 0.524. The van der Waals surface area contributed by atoms with E-state index in [1.165, 1.54) is 16.7 Å². The second kappa shape index (κ2) is 7.12. The van der Waals surface area contributed by atoms with E-state index in [1.54, 1.807) is 0 Å². The summed E-state index contributed by atoms with van der Waals surface area (Å²) in [7, 11) is 0. The molecule has 3 heteroatoms. The molecule has 130 valence electrons. The zero-order valence-corrected chi connectivity index (χ0v) is 14.8. The van der Waals surface area contributed by atoms with Crippen LogP contribution in [0.2, 0.25) is 0 Å². The van der Waals surface area contributed by atoms with Gasteiger partial charge in [0.15, 0.2) is 6.29 Å². The first-order valence-corrected chi connectivity index (χ1v) is 8.86. The van der Waals surface area contributed by atoms with Crippen LogP contribution in [0.15, 0.2) is 59.4 Å². The first kappa shape index (κ1) is 17.2. The maximum absolute atomic E-state index is 10.0. The number of rotatable bonds is 0. The van der Waals surface area contributed by atoms with Crippen LogP contribution in [0.3, 0.4) is 0 Å². The smallest absolute Gasteiger partial charge is 0.177 e. The second-order valence-corrected chi connectivity index (χ2v) is 7.25. The van der Waals surface area contributed by atoms with Crippen molar-refractivity contribution in [2.24, 2.45) is 5.92 Å². The number of allylic oxidation sites excluding steroid dienone is 3. The van der Waals surface area contributed by atoms with Crippen LogP contribution in [0.25, 0.3) is 0 Å². The fourth-order valence-electron chi connectivity index (χ4n) is 3.79. The molecule has 0 spiro atoms. The summed E-state index contributed by atoms with van der Waals surface area (Å²) in [6.07, 6.45) is 10.5. The van der Waals surface area contributed by atoms with Crippen LogP contribution in [0.1, 0.15) is 46.0 Å². The summed E-state index contributed by atoms with van der Waals surface area (Å²) in [5.74, 6) is 0.985. The first-order chi connectivity index (χ1) is 11.4. The average molecular weight is 328 g/mol. The summed E-state index contributed by atoms with van der Waals surface area (Å²) in [4.78, 5) is 0. The molecule has 2 unspecified atom stereocenters. The number of fused-ring (bicyclic) bond motifs is 2. The highest BCUT2D eigenvalue weighted by Crippen LogP contribution is 2.36. The van der Waals surface area contributed by atoms with E-state index in [4.69, 9.17) is 9.47 Å². The number of hydrogen-bond acceptors (Lipinski definition) is 3. The zero-order chi connectivity index (χ0) is 17.3. The van der Waals surface area contributed by atoms with Crippen molar-refractivity contribution >= 4 is 0 Å². The lowest BCUT2D eigenvalue weighted by molar-refractivity contribution is -0.0650. The van der Waals surface area contributed by atoms with Gasteiger partial charge in [-0.1, -0.05) is 36.5 Å². The van der Waals surface area contributed by atoms with Gasteiger partial charge in [0.1, 0.15) is 11.9 Å². The number of ether oxygens (including phenoxy) is 2. The molecule has 2 aliphatic heterocycles. The Hall–Kier alpha value is -1.58. The van der Waals surface area contributed by atoms with E-state index in [1.807, 2.05) is 0 Å². The molecule has 2 heterocycles. The molecule has 4 atom stereocenters. The minimum atomic E-state index is -0.849. The third-order valence-corrected chi connectivity index (χ3v) is 5.24. The van der Waals surface area contributed by atoms with Crippen LogP contribution in [0, 0.1) is 5.92 Å². The van der Waals surface area contributed by atoms with Gasteiger partial charge in [0.05, 0.1) is 6.10 Å². The van der Waals surface area contributed by atoms with Gasteiger partial charge in [0.25, 0.3) is 0 Å². The predicted octanol–water partition coefficient (Wildman–Crippen LogP) is 4.57. The molecule has 0 saturated carbocycles. The zero-order valence-electron chi connectivity index (χ0n) is 14.8. The van der Waals surface area contributed by atoms with Crippen molar-refractivity contribution in [3.8, 4) is 0 Å². The molecular weight excluding hydrogens is 300 g/mol. The largest absolute Gasteiger partial charge is 0.486 e. The normalized spacial score (nSPS) is 39.0. The van der Waals surface area contributed by atoms with Gasteiger partial charge in [-0.3, -0.25) is 0 Å². The second-order valence-electron chi connectivity index (χ2n) is 7.25. The molecule has 1 N–H and O–H groups in total. The molecular formula is C21H28O3. The Balaban J connectivity index is 1.85. The van der Waals surface area contributed by atoms with E-state index in [-0.39, 0.29) is 18.1 Å². The molecule has 0 aromatic heterocycles. The Morgan fingerprint density at radius 2 is 1.92 bits per heavy atom. The van der Waals surface area contributed by atoms with Gasteiger partial charge in [0.2, 0.25) is 0 Å². The lowest BCUT2D eigenvalue weighted by Gasteiger charge is -2.17. The molecule has 2 bridgehead atoms. The fourth-order valence-corrected chi connectivity index (χ4v) is 3.79. The Kier molecular flexibility index (Phi) is 5.12. The molecule has 24 heavy (non-hydrogen) atoms. The minimum absolute atomic E-state index is 0.0599. The van der Waals surface area contributed by atoms with Gasteiger partial charge in [-0.15, -0.1) is 0 Å². The van der Waals surface area contributed by atoms with Gasteiger partial charge in [-0.25, -0.2) is 0 Å². The summed E-state index contributed by atoms with van der Waals surface area (Å²) in [6, 6.07) is 0. The lowest BCUT2D eigenvalue weighted by atomic mass is 9.88. The van der Waals surface area contributed by atoms with Gasteiger partial charge in [-0.2, -0.15) is 0 Å². The molecule has 3 nitrogen and oxygen atoms in total. The summed E-state index contributed by atoms with van der Waals surface area (Å²) in [6.45, 7) is 12.4.